The van der Waals surface area contributed by atoms with Gasteiger partial charge in [-0.2, -0.15) is 0 Å². The molecule has 2 rings (SSSR count). The second-order valence-corrected chi connectivity index (χ2v) is 27.5. The molecule has 0 spiro atoms. The van der Waals surface area contributed by atoms with Gasteiger partial charge in [-0.15, -0.1) is 0 Å². The molecule has 0 bridgehead atoms. The van der Waals surface area contributed by atoms with Crippen molar-refractivity contribution in [2.75, 3.05) is 19.8 Å². The van der Waals surface area contributed by atoms with Crippen LogP contribution in [0.2, 0.25) is 0 Å². The molecule has 552 valence electrons. The van der Waals surface area contributed by atoms with Crippen molar-refractivity contribution in [3.63, 3.8) is 0 Å². The number of allylic oxidation sites excluding steroid dienone is 14. The van der Waals surface area contributed by atoms with Gasteiger partial charge < -0.3 is 65.1 Å². The van der Waals surface area contributed by atoms with E-state index in [1.54, 1.807) is 0 Å². The number of rotatable bonds is 65. The molecule has 12 atom stereocenters. The van der Waals surface area contributed by atoms with Crippen molar-refractivity contribution in [3.8, 4) is 0 Å². The number of nitrogens with one attached hydrogen (secondary N) is 1. The summed E-state index contributed by atoms with van der Waals surface area (Å²) in [5, 5.41) is 87.8. The molecule has 2 saturated heterocycles. The van der Waals surface area contributed by atoms with Gasteiger partial charge in [-0.05, 0) is 70.6 Å². The Hall–Kier alpha value is -2.83. The molecule has 9 N–H and O–H groups in total. The van der Waals surface area contributed by atoms with Gasteiger partial charge in [0.15, 0.2) is 12.6 Å². The Morgan fingerprint density at radius 3 is 1.12 bits per heavy atom. The summed E-state index contributed by atoms with van der Waals surface area (Å²) < 4.78 is 23.0. The average molecular weight is 1340 g/mol. The number of hydrogen-bond donors (Lipinski definition) is 9. The van der Waals surface area contributed by atoms with Crippen LogP contribution in [0.5, 0.6) is 0 Å². The monoisotopic (exact) mass is 1340 g/mol. The van der Waals surface area contributed by atoms with Crippen molar-refractivity contribution in [1.82, 2.24) is 5.32 Å². The molecule has 2 aliphatic heterocycles. The van der Waals surface area contributed by atoms with Crippen molar-refractivity contribution >= 4 is 5.91 Å². The molecule has 0 aromatic heterocycles. The van der Waals surface area contributed by atoms with Gasteiger partial charge in [0, 0.05) is 6.42 Å². The van der Waals surface area contributed by atoms with Crippen LogP contribution in [0, 0.1) is 0 Å². The number of aliphatic hydroxyl groups is 8. The SMILES string of the molecule is CC/C=C\C/C=C\C/C=C\C/C=C\C/C=C\C/C=C\C/C=C\CCCCCCCCCC(=O)NC(COC1OC(CO)C(OC2OC(CO)C(O)C(O)C2O)C(O)C1O)C(O)CCCCCCCCCCCCCCCCCCCCCCCCCCCCCCCCCC. The van der Waals surface area contributed by atoms with E-state index < -0.39 is 86.8 Å². The number of unbranched alkanes of at least 4 members (excludes halogenated alkanes) is 38. The topological polar surface area (TPSA) is 228 Å². The van der Waals surface area contributed by atoms with E-state index in [1.807, 2.05) is 0 Å². The summed E-state index contributed by atoms with van der Waals surface area (Å²) in [5.41, 5.74) is 0. The van der Waals surface area contributed by atoms with Crippen molar-refractivity contribution in [3.05, 3.63) is 85.1 Å². The predicted octanol–water partition coefficient (Wildman–Crippen LogP) is 17.5. The zero-order valence-corrected chi connectivity index (χ0v) is 60.4. The number of hydrogen-bond acceptors (Lipinski definition) is 13. The summed E-state index contributed by atoms with van der Waals surface area (Å²) in [6.45, 7) is 2.78. The zero-order valence-electron chi connectivity index (χ0n) is 60.4. The Labute approximate surface area is 580 Å². The van der Waals surface area contributed by atoms with E-state index in [0.717, 1.165) is 109 Å². The molecule has 14 nitrogen and oxygen atoms in total. The summed E-state index contributed by atoms with van der Waals surface area (Å²) in [7, 11) is 0. The third kappa shape index (κ3) is 47.8. The number of amides is 1. The van der Waals surface area contributed by atoms with Gasteiger partial charge in [0.25, 0.3) is 0 Å². The minimum Gasteiger partial charge on any atom is -0.394 e. The van der Waals surface area contributed by atoms with E-state index in [1.165, 1.54) is 186 Å². The minimum atomic E-state index is -1.79. The molecule has 0 saturated carbocycles. The highest BCUT2D eigenvalue weighted by atomic mass is 16.7. The second-order valence-electron chi connectivity index (χ2n) is 27.5. The third-order valence-electron chi connectivity index (χ3n) is 18.9. The molecule has 0 aliphatic carbocycles. The molecular formula is C81H145NO13. The van der Waals surface area contributed by atoms with Gasteiger partial charge in [0.05, 0.1) is 32.0 Å². The van der Waals surface area contributed by atoms with E-state index in [2.05, 4.69) is 104 Å². The van der Waals surface area contributed by atoms with E-state index in [4.69, 9.17) is 18.9 Å². The molecule has 2 fully saturated rings. The van der Waals surface area contributed by atoms with Crippen LogP contribution in [0.4, 0.5) is 0 Å². The van der Waals surface area contributed by atoms with Crippen LogP contribution in [0.25, 0.3) is 0 Å². The normalized spacial score (nSPS) is 22.8. The Morgan fingerprint density at radius 2 is 0.726 bits per heavy atom. The molecule has 95 heavy (non-hydrogen) atoms. The molecule has 2 heterocycles. The first-order valence-electron chi connectivity index (χ1n) is 39.3. The Kier molecular flexibility index (Phi) is 60.0. The lowest BCUT2D eigenvalue weighted by Crippen LogP contribution is -2.65. The fraction of sp³-hybridized carbons (Fsp3) is 0.815. The largest absolute Gasteiger partial charge is 0.394 e. The van der Waals surface area contributed by atoms with Crippen molar-refractivity contribution in [2.24, 2.45) is 0 Å². The molecule has 0 aromatic carbocycles. The quantitative estimate of drug-likeness (QED) is 0.0204. The van der Waals surface area contributed by atoms with Crippen LogP contribution < -0.4 is 5.32 Å². The molecule has 12 unspecified atom stereocenters. The fourth-order valence-electron chi connectivity index (χ4n) is 12.7. The van der Waals surface area contributed by atoms with Crippen molar-refractivity contribution < 1.29 is 64.6 Å². The maximum absolute atomic E-state index is 13.4. The smallest absolute Gasteiger partial charge is 0.220 e. The number of aliphatic hydroxyl groups excluding tert-OH is 8. The lowest BCUT2D eigenvalue weighted by molar-refractivity contribution is -0.359. The van der Waals surface area contributed by atoms with Gasteiger partial charge in [-0.25, -0.2) is 0 Å². The molecule has 14 heteroatoms. The maximum atomic E-state index is 13.4. The number of ether oxygens (including phenoxy) is 4. The van der Waals surface area contributed by atoms with E-state index in [-0.39, 0.29) is 18.9 Å². The van der Waals surface area contributed by atoms with E-state index in [9.17, 15) is 45.6 Å². The predicted molar refractivity (Wildman–Crippen MR) is 392 cm³/mol. The second kappa shape index (κ2) is 64.5. The Bertz CT molecular complexity index is 1920. The van der Waals surface area contributed by atoms with Crippen molar-refractivity contribution in [2.45, 2.75) is 402 Å². The average Bonchev–Trinajstić information content (AvgIpc) is 0.801. The van der Waals surface area contributed by atoms with Gasteiger partial charge in [0.1, 0.15) is 48.8 Å². The highest BCUT2D eigenvalue weighted by Crippen LogP contribution is 2.30. The summed E-state index contributed by atoms with van der Waals surface area (Å²) in [6.07, 6.45) is 73.3. The van der Waals surface area contributed by atoms with Crippen LogP contribution in [0.15, 0.2) is 85.1 Å². The van der Waals surface area contributed by atoms with Crippen LogP contribution in [-0.4, -0.2) is 140 Å². The van der Waals surface area contributed by atoms with Crippen LogP contribution in [-0.2, 0) is 23.7 Å². The molecular weight excluding hydrogens is 1190 g/mol. The molecule has 2 aliphatic rings. The third-order valence-corrected chi connectivity index (χ3v) is 18.9. The number of carbonyl (C=O) groups is 1. The van der Waals surface area contributed by atoms with E-state index in [0.29, 0.717) is 12.8 Å². The van der Waals surface area contributed by atoms with Gasteiger partial charge in [-0.1, -0.05) is 336 Å². The van der Waals surface area contributed by atoms with Crippen molar-refractivity contribution in [1.29, 1.82) is 0 Å². The zero-order chi connectivity index (χ0) is 68.7. The first-order chi connectivity index (χ1) is 46.6. The summed E-state index contributed by atoms with van der Waals surface area (Å²) in [4.78, 5) is 13.4. The van der Waals surface area contributed by atoms with Crippen LogP contribution >= 0.6 is 0 Å². The van der Waals surface area contributed by atoms with Gasteiger partial charge >= 0.3 is 0 Å². The standard InChI is InChI=1S/C81H145NO13/c1-3-5-7-9-11-13-15-17-19-21-23-25-27-29-31-33-34-35-37-38-40-42-44-46-48-50-52-54-56-58-60-62-64-70(85)69(68-92-80-78(91)76(89)79(72(67-84)94-80)95-81-77(90)75(88)74(87)71(66-83)93-81)82-73(86)65-63-61-59-57-55-53-51-49-47-45-43-41-39-36-32-30-28-26-24-22-20-18-16-14-12-10-8-6-4-2/h6,8,12,14,18,20,24,26,30,32,39,41,45,47,69-72,74-81,83-85,87-91H,3-5,7,9-11,13,15-17,19,21-23,25,27-29,31,33-38,40,42-44,46,48-68H2,1-2H3,(H,82,86)/b8-6-,14-12-,20-18-,26-24-,32-30-,41-39-,47-45-. The van der Waals surface area contributed by atoms with Crippen LogP contribution in [0.1, 0.15) is 328 Å². The summed E-state index contributed by atoms with van der Waals surface area (Å²) in [5.74, 6) is -0.217. The lowest BCUT2D eigenvalue weighted by atomic mass is 9.97. The fourth-order valence-corrected chi connectivity index (χ4v) is 12.7. The molecule has 1 amide bonds. The van der Waals surface area contributed by atoms with E-state index >= 15 is 0 Å². The molecule has 0 aromatic rings. The molecule has 0 radical (unpaired) electrons. The Morgan fingerprint density at radius 1 is 0.389 bits per heavy atom. The van der Waals surface area contributed by atoms with Gasteiger partial charge in [0.2, 0.25) is 5.91 Å². The summed E-state index contributed by atoms with van der Waals surface area (Å²) >= 11 is 0. The first kappa shape index (κ1) is 88.3. The highest BCUT2D eigenvalue weighted by molar-refractivity contribution is 5.76. The first-order valence-corrected chi connectivity index (χ1v) is 39.3. The minimum absolute atomic E-state index is 0.217. The van der Waals surface area contributed by atoms with Crippen LogP contribution in [0.3, 0.4) is 0 Å². The Balaban J connectivity index is 1.63. The maximum Gasteiger partial charge on any atom is 0.220 e. The van der Waals surface area contributed by atoms with Gasteiger partial charge in [-0.3, -0.25) is 4.79 Å². The lowest BCUT2D eigenvalue weighted by Gasteiger charge is -2.46. The highest BCUT2D eigenvalue weighted by Gasteiger charge is 2.51. The number of carbonyl (C=O) groups excluding carboxylic acids is 1. The summed E-state index contributed by atoms with van der Waals surface area (Å²) in [6, 6.07) is -0.843.